The van der Waals surface area contributed by atoms with Gasteiger partial charge in [0.1, 0.15) is 0 Å². The van der Waals surface area contributed by atoms with Crippen molar-refractivity contribution in [2.45, 2.75) is 65.6 Å². The molecular weight excluding hydrogens is 198 g/mol. The summed E-state index contributed by atoms with van der Waals surface area (Å²) in [5.41, 5.74) is 0. The molecule has 0 aromatic rings. The van der Waals surface area contributed by atoms with Gasteiger partial charge < -0.3 is 4.99 Å². The van der Waals surface area contributed by atoms with E-state index in [0.717, 1.165) is 12.1 Å². The molecule has 0 aliphatic heterocycles. The van der Waals surface area contributed by atoms with E-state index < -0.39 is 8.07 Å². The highest BCUT2D eigenvalue weighted by atomic mass is 28.3. The molecule has 0 aromatic carbocycles. The van der Waals surface area contributed by atoms with Gasteiger partial charge in [-0.25, -0.2) is 0 Å². The molecule has 0 bridgehead atoms. The first-order valence-corrected chi connectivity index (χ1v) is 10.2. The van der Waals surface area contributed by atoms with Crippen molar-refractivity contribution >= 4 is 14.3 Å². The van der Waals surface area contributed by atoms with E-state index >= 15 is 0 Å². The number of hydrogen-bond donors (Lipinski definition) is 0. The maximum Gasteiger partial charge on any atom is 0.0692 e. The third-order valence-corrected chi connectivity index (χ3v) is 3.81. The van der Waals surface area contributed by atoms with Crippen LogP contribution < -0.4 is 0 Å². The summed E-state index contributed by atoms with van der Waals surface area (Å²) in [7, 11) is -0.963. The van der Waals surface area contributed by atoms with Crippen LogP contribution in [0.5, 0.6) is 0 Å². The van der Waals surface area contributed by atoms with E-state index in [1.165, 1.54) is 32.1 Å². The van der Waals surface area contributed by atoms with Crippen LogP contribution in [0.1, 0.15) is 46.0 Å². The van der Waals surface area contributed by atoms with Gasteiger partial charge in [0.25, 0.3) is 0 Å². The largest absolute Gasteiger partial charge is 0.301 e. The summed E-state index contributed by atoms with van der Waals surface area (Å²) in [4.78, 5) is 4.58. The minimum atomic E-state index is -0.963. The van der Waals surface area contributed by atoms with Crippen molar-refractivity contribution in [2.24, 2.45) is 10.9 Å². The molecule has 0 radical (unpaired) electrons. The van der Waals surface area contributed by atoms with Gasteiger partial charge in [0.05, 0.1) is 8.07 Å². The van der Waals surface area contributed by atoms with Gasteiger partial charge in [-0.05, 0) is 18.6 Å². The molecule has 15 heavy (non-hydrogen) atoms. The first-order valence-electron chi connectivity index (χ1n) is 6.48. The van der Waals surface area contributed by atoms with Gasteiger partial charge in [0.2, 0.25) is 0 Å². The molecule has 0 rings (SSSR count). The highest BCUT2D eigenvalue weighted by molar-refractivity contribution is 6.76. The van der Waals surface area contributed by atoms with E-state index in [1.807, 2.05) is 0 Å². The van der Waals surface area contributed by atoms with Crippen LogP contribution in [0.15, 0.2) is 4.99 Å². The lowest BCUT2D eigenvalue weighted by atomic mass is 9.96. The summed E-state index contributed by atoms with van der Waals surface area (Å²) < 4.78 is 0. The second kappa shape index (κ2) is 8.09. The topological polar surface area (TPSA) is 12.4 Å². The van der Waals surface area contributed by atoms with E-state index in [1.54, 1.807) is 0 Å². The lowest BCUT2D eigenvalue weighted by molar-refractivity contribution is 0.469. The zero-order valence-corrected chi connectivity index (χ0v) is 12.3. The Morgan fingerprint density at radius 2 is 1.87 bits per heavy atom. The summed E-state index contributed by atoms with van der Waals surface area (Å²) in [6.07, 6.45) is 9.86. The van der Waals surface area contributed by atoms with Gasteiger partial charge in [-0.1, -0.05) is 59.2 Å². The van der Waals surface area contributed by atoms with Gasteiger partial charge in [-0.2, -0.15) is 0 Å². The van der Waals surface area contributed by atoms with Crippen LogP contribution in [-0.2, 0) is 0 Å². The maximum absolute atomic E-state index is 4.58. The molecule has 0 spiro atoms. The van der Waals surface area contributed by atoms with Crippen molar-refractivity contribution in [1.82, 2.24) is 0 Å². The number of unbranched alkanes of at least 4 members (excludes halogenated alkanes) is 1. The second-order valence-electron chi connectivity index (χ2n) is 5.74. The van der Waals surface area contributed by atoms with E-state index in [9.17, 15) is 0 Å². The minimum Gasteiger partial charge on any atom is -0.301 e. The molecule has 90 valence electrons. The third-order valence-electron chi connectivity index (χ3n) is 2.68. The van der Waals surface area contributed by atoms with Crippen molar-refractivity contribution in [3.8, 4) is 0 Å². The first kappa shape index (κ1) is 14.9. The summed E-state index contributed by atoms with van der Waals surface area (Å²) in [5.74, 6) is 0.871. The van der Waals surface area contributed by atoms with E-state index in [4.69, 9.17) is 0 Å². The summed E-state index contributed by atoms with van der Waals surface area (Å²) in [6, 6.07) is 0. The van der Waals surface area contributed by atoms with Gasteiger partial charge in [-0.15, -0.1) is 0 Å². The molecule has 0 N–H and O–H groups in total. The van der Waals surface area contributed by atoms with Gasteiger partial charge in [-0.3, -0.25) is 0 Å². The van der Waals surface area contributed by atoms with Crippen molar-refractivity contribution in [2.75, 3.05) is 6.17 Å². The average Bonchev–Trinajstić information content (AvgIpc) is 2.15. The molecule has 0 heterocycles. The van der Waals surface area contributed by atoms with E-state index in [0.29, 0.717) is 0 Å². The number of hydrogen-bond acceptors (Lipinski definition) is 1. The fourth-order valence-electron chi connectivity index (χ4n) is 1.54. The zero-order chi connectivity index (χ0) is 11.7. The van der Waals surface area contributed by atoms with Gasteiger partial charge >= 0.3 is 0 Å². The molecule has 0 amide bonds. The van der Waals surface area contributed by atoms with Crippen LogP contribution >= 0.6 is 0 Å². The Morgan fingerprint density at radius 3 is 2.33 bits per heavy atom. The fraction of sp³-hybridized carbons (Fsp3) is 0.923. The molecule has 0 fully saturated rings. The maximum atomic E-state index is 4.58. The zero-order valence-electron chi connectivity index (χ0n) is 11.3. The standard InChI is InChI=1S/C13H29NSi/c1-6-8-9-13(7-2)10-11-14-12-15(3,4)5/h11,13H,6-10,12H2,1-5H3/b14-11+. The van der Waals surface area contributed by atoms with Crippen LogP contribution in [0.4, 0.5) is 0 Å². The number of nitrogens with zero attached hydrogens (tertiary/aromatic N) is 1. The Hall–Kier alpha value is -0.113. The summed E-state index contributed by atoms with van der Waals surface area (Å²) in [6.45, 7) is 11.7. The van der Waals surface area contributed by atoms with Crippen molar-refractivity contribution in [3.05, 3.63) is 0 Å². The van der Waals surface area contributed by atoms with Crippen LogP contribution in [0.25, 0.3) is 0 Å². The lowest BCUT2D eigenvalue weighted by Gasteiger charge is -2.13. The van der Waals surface area contributed by atoms with Crippen LogP contribution in [0.3, 0.4) is 0 Å². The fourth-order valence-corrected chi connectivity index (χ4v) is 2.22. The first-order chi connectivity index (χ1) is 6.99. The Kier molecular flexibility index (Phi) is 8.03. The molecule has 0 saturated heterocycles. The Balaban J connectivity index is 3.70. The Morgan fingerprint density at radius 1 is 1.20 bits per heavy atom. The highest BCUT2D eigenvalue weighted by Crippen LogP contribution is 2.15. The highest BCUT2D eigenvalue weighted by Gasteiger charge is 2.10. The van der Waals surface area contributed by atoms with Crippen LogP contribution in [-0.4, -0.2) is 20.5 Å². The predicted molar refractivity (Wildman–Crippen MR) is 74.6 cm³/mol. The minimum absolute atomic E-state index is 0.871. The molecule has 0 saturated carbocycles. The molecule has 0 aliphatic rings. The van der Waals surface area contributed by atoms with Crippen LogP contribution in [0.2, 0.25) is 19.6 Å². The van der Waals surface area contributed by atoms with Crippen molar-refractivity contribution in [1.29, 1.82) is 0 Å². The molecule has 0 aromatic heterocycles. The normalized spacial score (nSPS) is 14.7. The molecule has 2 heteroatoms. The Labute approximate surface area is 97.4 Å². The van der Waals surface area contributed by atoms with Gasteiger partial charge in [0.15, 0.2) is 0 Å². The summed E-state index contributed by atoms with van der Waals surface area (Å²) >= 11 is 0. The molecule has 1 unspecified atom stereocenters. The van der Waals surface area contributed by atoms with Crippen LogP contribution in [0, 0.1) is 5.92 Å². The van der Waals surface area contributed by atoms with Gasteiger partial charge in [0, 0.05) is 6.17 Å². The second-order valence-corrected chi connectivity index (χ2v) is 11.2. The molecule has 1 atom stereocenters. The predicted octanol–water partition coefficient (Wildman–Crippen LogP) is 4.54. The molecule has 0 aliphatic carbocycles. The third kappa shape index (κ3) is 10.2. The quantitative estimate of drug-likeness (QED) is 0.426. The lowest BCUT2D eigenvalue weighted by Crippen LogP contribution is -2.24. The van der Waals surface area contributed by atoms with Crippen molar-refractivity contribution in [3.63, 3.8) is 0 Å². The monoisotopic (exact) mass is 227 g/mol. The summed E-state index contributed by atoms with van der Waals surface area (Å²) in [5, 5.41) is 0. The molecule has 1 nitrogen and oxygen atoms in total. The number of rotatable bonds is 8. The van der Waals surface area contributed by atoms with Crippen molar-refractivity contribution < 1.29 is 0 Å². The SMILES string of the molecule is CCCCC(CC)C/C=N/C[Si](C)(C)C. The molecular formula is C13H29NSi. The number of aliphatic imine (C=N–C) groups is 1. The van der Waals surface area contributed by atoms with E-state index in [-0.39, 0.29) is 0 Å². The smallest absolute Gasteiger partial charge is 0.0692 e. The average molecular weight is 227 g/mol. The Bertz CT molecular complexity index is 170. The van der Waals surface area contributed by atoms with E-state index in [2.05, 4.69) is 44.7 Å².